The molecule has 0 spiro atoms. The maximum atomic E-state index is 12.0. The molecular formula is C13H20N2O3. The van der Waals surface area contributed by atoms with Crippen LogP contribution in [-0.4, -0.2) is 49.3 Å². The van der Waals surface area contributed by atoms with Gasteiger partial charge in [-0.05, 0) is 5.56 Å². The Labute approximate surface area is 107 Å². The molecule has 5 nitrogen and oxygen atoms in total. The summed E-state index contributed by atoms with van der Waals surface area (Å²) in [5.74, 6) is -0.226. The molecule has 5 heteroatoms. The normalized spacial score (nSPS) is 14.0. The van der Waals surface area contributed by atoms with Gasteiger partial charge in [-0.1, -0.05) is 30.3 Å². The Morgan fingerprint density at radius 1 is 1.44 bits per heavy atom. The van der Waals surface area contributed by atoms with E-state index in [2.05, 4.69) is 0 Å². The molecule has 0 radical (unpaired) electrons. The van der Waals surface area contributed by atoms with Gasteiger partial charge in [-0.15, -0.1) is 0 Å². The van der Waals surface area contributed by atoms with Crippen LogP contribution >= 0.6 is 0 Å². The quantitative estimate of drug-likeness (QED) is 0.756. The summed E-state index contributed by atoms with van der Waals surface area (Å²) >= 11 is 0. The van der Waals surface area contributed by atoms with Gasteiger partial charge in [0.15, 0.2) is 0 Å². The van der Waals surface area contributed by atoms with Crippen LogP contribution in [0.3, 0.4) is 0 Å². The number of hydrogen-bond donors (Lipinski definition) is 2. The molecule has 0 heterocycles. The van der Waals surface area contributed by atoms with E-state index in [9.17, 15) is 9.90 Å². The zero-order valence-electron chi connectivity index (χ0n) is 10.7. The number of aliphatic hydroxyl groups is 1. The number of amides is 1. The minimum Gasteiger partial charge on any atom is -0.389 e. The Bertz CT molecular complexity index is 370. The van der Waals surface area contributed by atoms with Gasteiger partial charge in [0, 0.05) is 20.7 Å². The maximum Gasteiger partial charge on any atom is 0.243 e. The fourth-order valence-electron chi connectivity index (χ4n) is 1.69. The number of methoxy groups -OCH3 is 1. The standard InChI is InChI=1S/C13H20N2O3/c1-15(8-11(16)9-18-2)13(17)12(14)10-6-4-3-5-7-10/h3-7,11-12,16H,8-9,14H2,1-2H3. The molecule has 1 rings (SSSR count). The number of nitrogens with two attached hydrogens (primary N) is 1. The summed E-state index contributed by atoms with van der Waals surface area (Å²) in [4.78, 5) is 13.5. The Hall–Kier alpha value is -1.43. The van der Waals surface area contributed by atoms with E-state index in [1.54, 1.807) is 7.05 Å². The van der Waals surface area contributed by atoms with Crippen molar-refractivity contribution < 1.29 is 14.6 Å². The van der Waals surface area contributed by atoms with Crippen molar-refractivity contribution in [3.63, 3.8) is 0 Å². The van der Waals surface area contributed by atoms with Crippen LogP contribution in [0.5, 0.6) is 0 Å². The van der Waals surface area contributed by atoms with E-state index >= 15 is 0 Å². The van der Waals surface area contributed by atoms with Crippen LogP contribution < -0.4 is 5.73 Å². The molecule has 0 bridgehead atoms. The first-order valence-corrected chi connectivity index (χ1v) is 5.78. The SMILES string of the molecule is COCC(O)CN(C)C(=O)C(N)c1ccccc1. The third-order valence-corrected chi connectivity index (χ3v) is 2.64. The molecule has 0 saturated heterocycles. The minimum atomic E-state index is -0.703. The predicted octanol–water partition coefficient (Wildman–Crippen LogP) is 0.152. The van der Waals surface area contributed by atoms with Crippen molar-refractivity contribution in [3.05, 3.63) is 35.9 Å². The van der Waals surface area contributed by atoms with Gasteiger partial charge >= 0.3 is 0 Å². The van der Waals surface area contributed by atoms with Crippen molar-refractivity contribution in [1.82, 2.24) is 4.90 Å². The van der Waals surface area contributed by atoms with E-state index in [1.165, 1.54) is 12.0 Å². The second-order valence-electron chi connectivity index (χ2n) is 4.22. The molecule has 1 aromatic rings. The van der Waals surface area contributed by atoms with Crippen LogP contribution in [0, 0.1) is 0 Å². The summed E-state index contributed by atoms with van der Waals surface area (Å²) in [6.07, 6.45) is -0.702. The fraction of sp³-hybridized carbons (Fsp3) is 0.462. The van der Waals surface area contributed by atoms with Gasteiger partial charge in [0.05, 0.1) is 12.7 Å². The number of ether oxygens (including phenoxy) is 1. The highest BCUT2D eigenvalue weighted by atomic mass is 16.5. The lowest BCUT2D eigenvalue weighted by Crippen LogP contribution is -2.41. The largest absolute Gasteiger partial charge is 0.389 e. The minimum absolute atomic E-state index is 0.193. The fourth-order valence-corrected chi connectivity index (χ4v) is 1.69. The average Bonchev–Trinajstić information content (AvgIpc) is 2.38. The number of benzene rings is 1. The topological polar surface area (TPSA) is 75.8 Å². The van der Waals surface area contributed by atoms with Gasteiger partial charge in [-0.25, -0.2) is 0 Å². The smallest absolute Gasteiger partial charge is 0.243 e. The van der Waals surface area contributed by atoms with E-state index in [-0.39, 0.29) is 19.1 Å². The number of nitrogens with zero attached hydrogens (tertiary/aromatic N) is 1. The van der Waals surface area contributed by atoms with Crippen LogP contribution in [0.4, 0.5) is 0 Å². The molecule has 0 aliphatic rings. The Balaban J connectivity index is 2.58. The molecule has 1 amide bonds. The van der Waals surface area contributed by atoms with Crippen molar-refractivity contribution in [2.45, 2.75) is 12.1 Å². The van der Waals surface area contributed by atoms with Crippen molar-refractivity contribution >= 4 is 5.91 Å². The predicted molar refractivity (Wildman–Crippen MR) is 68.9 cm³/mol. The molecule has 0 aliphatic carbocycles. The second kappa shape index (κ2) is 7.10. The molecule has 0 fully saturated rings. The van der Waals surface area contributed by atoms with Gasteiger partial charge < -0.3 is 20.5 Å². The molecule has 0 aromatic heterocycles. The first-order chi connectivity index (χ1) is 8.56. The van der Waals surface area contributed by atoms with E-state index in [0.717, 1.165) is 5.56 Å². The number of carbonyl (C=O) groups is 1. The van der Waals surface area contributed by atoms with Crippen molar-refractivity contribution in [2.75, 3.05) is 27.3 Å². The Kier molecular flexibility index (Phi) is 5.77. The third-order valence-electron chi connectivity index (χ3n) is 2.64. The number of hydrogen-bond acceptors (Lipinski definition) is 4. The number of carbonyl (C=O) groups excluding carboxylic acids is 1. The summed E-state index contributed by atoms with van der Waals surface area (Å²) < 4.78 is 4.81. The summed E-state index contributed by atoms with van der Waals surface area (Å²) in [7, 11) is 3.12. The zero-order valence-corrected chi connectivity index (χ0v) is 10.7. The molecule has 1 aromatic carbocycles. The maximum absolute atomic E-state index is 12.0. The van der Waals surface area contributed by atoms with Gasteiger partial charge in [-0.3, -0.25) is 4.79 Å². The van der Waals surface area contributed by atoms with E-state index in [0.29, 0.717) is 0 Å². The number of likely N-dealkylation sites (N-methyl/N-ethyl adjacent to an activating group) is 1. The highest BCUT2D eigenvalue weighted by Gasteiger charge is 2.21. The Morgan fingerprint density at radius 3 is 2.61 bits per heavy atom. The van der Waals surface area contributed by atoms with Gasteiger partial charge in [0.25, 0.3) is 0 Å². The summed E-state index contributed by atoms with van der Waals surface area (Å²) in [6, 6.07) is 8.45. The lowest BCUT2D eigenvalue weighted by atomic mass is 10.1. The van der Waals surface area contributed by atoms with Crippen molar-refractivity contribution in [3.8, 4) is 0 Å². The highest BCUT2D eigenvalue weighted by molar-refractivity contribution is 5.82. The number of rotatable bonds is 6. The third kappa shape index (κ3) is 4.10. The van der Waals surface area contributed by atoms with Crippen LogP contribution in [0.2, 0.25) is 0 Å². The summed E-state index contributed by atoms with van der Waals surface area (Å²) in [6.45, 7) is 0.394. The monoisotopic (exact) mass is 252 g/mol. The van der Waals surface area contributed by atoms with E-state index < -0.39 is 12.1 Å². The lowest BCUT2D eigenvalue weighted by Gasteiger charge is -2.23. The first-order valence-electron chi connectivity index (χ1n) is 5.78. The van der Waals surface area contributed by atoms with Crippen LogP contribution in [0.15, 0.2) is 30.3 Å². The van der Waals surface area contributed by atoms with Crippen LogP contribution in [0.1, 0.15) is 11.6 Å². The van der Waals surface area contributed by atoms with Crippen LogP contribution in [-0.2, 0) is 9.53 Å². The zero-order chi connectivity index (χ0) is 13.5. The highest BCUT2D eigenvalue weighted by Crippen LogP contribution is 2.12. The summed E-state index contributed by atoms with van der Waals surface area (Å²) in [5.41, 5.74) is 6.64. The van der Waals surface area contributed by atoms with Gasteiger partial charge in [-0.2, -0.15) is 0 Å². The van der Waals surface area contributed by atoms with E-state index in [1.807, 2.05) is 30.3 Å². The Morgan fingerprint density at radius 2 is 2.06 bits per heavy atom. The van der Waals surface area contributed by atoms with Crippen LogP contribution in [0.25, 0.3) is 0 Å². The number of aliphatic hydroxyl groups excluding tert-OH is 1. The molecule has 2 unspecified atom stereocenters. The lowest BCUT2D eigenvalue weighted by molar-refractivity contribution is -0.133. The van der Waals surface area contributed by atoms with Gasteiger partial charge in [0.1, 0.15) is 6.04 Å². The molecule has 0 saturated carbocycles. The second-order valence-corrected chi connectivity index (χ2v) is 4.22. The molecule has 2 atom stereocenters. The molecule has 18 heavy (non-hydrogen) atoms. The molecule has 100 valence electrons. The molecule has 3 N–H and O–H groups in total. The van der Waals surface area contributed by atoms with Crippen molar-refractivity contribution in [1.29, 1.82) is 0 Å². The average molecular weight is 252 g/mol. The van der Waals surface area contributed by atoms with E-state index in [4.69, 9.17) is 10.5 Å². The molecular weight excluding hydrogens is 232 g/mol. The first kappa shape index (κ1) is 14.6. The summed E-state index contributed by atoms with van der Waals surface area (Å²) in [5, 5.41) is 9.56. The van der Waals surface area contributed by atoms with Gasteiger partial charge in [0.2, 0.25) is 5.91 Å². The molecule has 0 aliphatic heterocycles. The van der Waals surface area contributed by atoms with Crippen molar-refractivity contribution in [2.24, 2.45) is 5.73 Å².